The van der Waals surface area contributed by atoms with Crippen molar-refractivity contribution in [1.29, 1.82) is 0 Å². The predicted molar refractivity (Wildman–Crippen MR) is 71.4 cm³/mol. The van der Waals surface area contributed by atoms with Crippen LogP contribution in [0.3, 0.4) is 0 Å². The van der Waals surface area contributed by atoms with Crippen molar-refractivity contribution in [3.05, 3.63) is 0 Å². The first kappa shape index (κ1) is 12.5. The molecule has 2 aliphatic carbocycles. The fourth-order valence-corrected chi connectivity index (χ4v) is 4.65. The number of hydrogen-bond donors (Lipinski definition) is 0. The molecule has 0 aromatic carbocycles. The molecular formula is C16H30. The third-order valence-corrected chi connectivity index (χ3v) is 5.85. The van der Waals surface area contributed by atoms with Gasteiger partial charge in [-0.1, -0.05) is 53.4 Å². The second-order valence-electron chi connectivity index (χ2n) is 7.10. The van der Waals surface area contributed by atoms with Gasteiger partial charge in [0.2, 0.25) is 0 Å². The zero-order valence-corrected chi connectivity index (χ0v) is 11.8. The zero-order valence-electron chi connectivity index (χ0n) is 11.8. The molecule has 2 fully saturated rings. The molecule has 0 amide bonds. The zero-order chi connectivity index (χ0) is 11.8. The first-order valence-corrected chi connectivity index (χ1v) is 7.57. The Balaban J connectivity index is 1.95. The molecular weight excluding hydrogens is 192 g/mol. The lowest BCUT2D eigenvalue weighted by molar-refractivity contribution is 0.0939. The van der Waals surface area contributed by atoms with Crippen LogP contribution in [0.1, 0.15) is 72.6 Å². The highest BCUT2D eigenvalue weighted by Gasteiger charge is 2.50. The van der Waals surface area contributed by atoms with Crippen LogP contribution >= 0.6 is 0 Å². The van der Waals surface area contributed by atoms with Crippen molar-refractivity contribution >= 4 is 0 Å². The molecule has 2 saturated carbocycles. The van der Waals surface area contributed by atoms with Crippen LogP contribution in [0.5, 0.6) is 0 Å². The van der Waals surface area contributed by atoms with Crippen LogP contribution < -0.4 is 0 Å². The average Bonchev–Trinajstić information content (AvgIpc) is 2.50. The monoisotopic (exact) mass is 222 g/mol. The minimum Gasteiger partial charge on any atom is -0.0654 e. The minimum absolute atomic E-state index is 0.700. The highest BCUT2D eigenvalue weighted by atomic mass is 14.5. The van der Waals surface area contributed by atoms with Gasteiger partial charge in [-0.15, -0.1) is 0 Å². The molecule has 0 heterocycles. The number of rotatable bonds is 4. The van der Waals surface area contributed by atoms with E-state index in [0.29, 0.717) is 5.41 Å². The SMILES string of the molecule is CCCCCC1CC(C)C2(C)CC(C)C1C2. The fourth-order valence-electron chi connectivity index (χ4n) is 4.65. The van der Waals surface area contributed by atoms with Gasteiger partial charge in [-0.3, -0.25) is 0 Å². The van der Waals surface area contributed by atoms with Gasteiger partial charge in [-0.05, 0) is 48.3 Å². The lowest BCUT2D eigenvalue weighted by Crippen LogP contribution is -2.31. The first-order chi connectivity index (χ1) is 7.57. The molecule has 0 aromatic heterocycles. The molecule has 0 aromatic rings. The van der Waals surface area contributed by atoms with Gasteiger partial charge in [-0.25, -0.2) is 0 Å². The molecule has 0 spiro atoms. The lowest BCUT2D eigenvalue weighted by Gasteiger charge is -2.40. The van der Waals surface area contributed by atoms with E-state index in [2.05, 4.69) is 27.7 Å². The van der Waals surface area contributed by atoms with Crippen molar-refractivity contribution in [1.82, 2.24) is 0 Å². The summed E-state index contributed by atoms with van der Waals surface area (Å²) in [4.78, 5) is 0. The quantitative estimate of drug-likeness (QED) is 0.568. The molecule has 94 valence electrons. The highest BCUT2D eigenvalue weighted by Crippen LogP contribution is 2.59. The molecule has 2 aliphatic rings. The maximum absolute atomic E-state index is 2.55. The maximum Gasteiger partial charge on any atom is -0.0295 e. The van der Waals surface area contributed by atoms with Crippen molar-refractivity contribution in [3.8, 4) is 0 Å². The van der Waals surface area contributed by atoms with Crippen LogP contribution in [0.15, 0.2) is 0 Å². The largest absolute Gasteiger partial charge is 0.0654 e. The van der Waals surface area contributed by atoms with Crippen LogP contribution in [0.25, 0.3) is 0 Å². The van der Waals surface area contributed by atoms with E-state index in [-0.39, 0.29) is 0 Å². The van der Waals surface area contributed by atoms with Crippen LogP contribution in [0.4, 0.5) is 0 Å². The maximum atomic E-state index is 2.55. The standard InChI is InChI=1S/C16H30/c1-5-6-7-8-14-9-13(3)16(4)10-12(2)15(14)11-16/h12-15H,5-11H2,1-4H3. The summed E-state index contributed by atoms with van der Waals surface area (Å²) >= 11 is 0. The Labute approximate surface area is 102 Å². The van der Waals surface area contributed by atoms with Gasteiger partial charge >= 0.3 is 0 Å². The number of unbranched alkanes of at least 4 members (excludes halogenated alkanes) is 2. The van der Waals surface area contributed by atoms with Gasteiger partial charge in [-0.2, -0.15) is 0 Å². The van der Waals surface area contributed by atoms with Gasteiger partial charge in [0.1, 0.15) is 0 Å². The third-order valence-electron chi connectivity index (χ3n) is 5.85. The molecule has 0 aliphatic heterocycles. The van der Waals surface area contributed by atoms with Gasteiger partial charge < -0.3 is 0 Å². The molecule has 5 unspecified atom stereocenters. The average molecular weight is 222 g/mol. The lowest BCUT2D eigenvalue weighted by atomic mass is 9.65. The first-order valence-electron chi connectivity index (χ1n) is 7.57. The van der Waals surface area contributed by atoms with E-state index in [0.717, 1.165) is 23.7 Å². The molecule has 2 rings (SSSR count). The molecule has 0 radical (unpaired) electrons. The minimum atomic E-state index is 0.700. The van der Waals surface area contributed by atoms with E-state index < -0.39 is 0 Å². The van der Waals surface area contributed by atoms with Crippen LogP contribution in [-0.4, -0.2) is 0 Å². The van der Waals surface area contributed by atoms with E-state index in [4.69, 9.17) is 0 Å². The molecule has 0 nitrogen and oxygen atoms in total. The smallest absolute Gasteiger partial charge is 0.0295 e. The summed E-state index contributed by atoms with van der Waals surface area (Å²) in [7, 11) is 0. The normalized spacial score (nSPS) is 47.2. The Morgan fingerprint density at radius 2 is 1.88 bits per heavy atom. The van der Waals surface area contributed by atoms with Gasteiger partial charge in [0, 0.05) is 0 Å². The van der Waals surface area contributed by atoms with E-state index in [1.807, 2.05) is 0 Å². The Kier molecular flexibility index (Phi) is 3.66. The van der Waals surface area contributed by atoms with E-state index in [1.165, 1.54) is 44.9 Å². The third kappa shape index (κ3) is 2.17. The van der Waals surface area contributed by atoms with Gasteiger partial charge in [0.05, 0.1) is 0 Å². The summed E-state index contributed by atoms with van der Waals surface area (Å²) in [5.41, 5.74) is 0.700. The predicted octanol–water partition coefficient (Wildman–Crippen LogP) is 5.28. The van der Waals surface area contributed by atoms with Gasteiger partial charge in [0.25, 0.3) is 0 Å². The molecule has 16 heavy (non-hydrogen) atoms. The number of fused-ring (bicyclic) bond motifs is 2. The summed E-state index contributed by atoms with van der Waals surface area (Å²) in [6.45, 7) is 9.90. The Bertz CT molecular complexity index is 232. The van der Waals surface area contributed by atoms with Crippen molar-refractivity contribution in [2.24, 2.45) is 29.1 Å². The van der Waals surface area contributed by atoms with Crippen LogP contribution in [0.2, 0.25) is 0 Å². The number of hydrogen-bond acceptors (Lipinski definition) is 0. The van der Waals surface area contributed by atoms with Crippen molar-refractivity contribution in [2.75, 3.05) is 0 Å². The van der Waals surface area contributed by atoms with Crippen LogP contribution in [0, 0.1) is 29.1 Å². The highest BCUT2D eigenvalue weighted by molar-refractivity contribution is 5.00. The summed E-state index contributed by atoms with van der Waals surface area (Å²) in [5.74, 6) is 4.10. The second kappa shape index (κ2) is 4.70. The summed E-state index contributed by atoms with van der Waals surface area (Å²) < 4.78 is 0. The summed E-state index contributed by atoms with van der Waals surface area (Å²) in [6.07, 6.45) is 10.4. The van der Waals surface area contributed by atoms with Crippen molar-refractivity contribution in [3.63, 3.8) is 0 Å². The van der Waals surface area contributed by atoms with E-state index >= 15 is 0 Å². The molecule has 2 bridgehead atoms. The topological polar surface area (TPSA) is 0 Å². The summed E-state index contributed by atoms with van der Waals surface area (Å²) in [6, 6.07) is 0. The van der Waals surface area contributed by atoms with E-state index in [9.17, 15) is 0 Å². The van der Waals surface area contributed by atoms with E-state index in [1.54, 1.807) is 0 Å². The Morgan fingerprint density at radius 1 is 1.12 bits per heavy atom. The molecule has 0 heteroatoms. The van der Waals surface area contributed by atoms with Crippen LogP contribution in [-0.2, 0) is 0 Å². The Morgan fingerprint density at radius 3 is 2.56 bits per heavy atom. The Hall–Kier alpha value is 0. The summed E-state index contributed by atoms with van der Waals surface area (Å²) in [5, 5.41) is 0. The molecule has 0 N–H and O–H groups in total. The molecule has 5 atom stereocenters. The fraction of sp³-hybridized carbons (Fsp3) is 1.00. The molecule has 0 saturated heterocycles. The van der Waals surface area contributed by atoms with Crippen molar-refractivity contribution < 1.29 is 0 Å². The van der Waals surface area contributed by atoms with Gasteiger partial charge in [0.15, 0.2) is 0 Å². The second-order valence-corrected chi connectivity index (χ2v) is 7.10. The van der Waals surface area contributed by atoms with Crippen molar-refractivity contribution in [2.45, 2.75) is 72.6 Å².